The van der Waals surface area contributed by atoms with Crippen LogP contribution in [0.15, 0.2) is 4.99 Å². The molecular formula is C6H14N4O. The molecule has 1 heterocycles. The maximum atomic E-state index is 5.42. The zero-order chi connectivity index (χ0) is 8.48. The maximum absolute atomic E-state index is 5.42. The molecule has 0 aliphatic carbocycles. The molecule has 0 amide bonds. The number of nitrogens with zero attached hydrogens (tertiary/aromatic N) is 1. The Bertz CT molecular complexity index is 177. The highest BCUT2D eigenvalue weighted by Crippen LogP contribution is 2.14. The first kappa shape index (κ1) is 8.29. The largest absolute Gasteiger partial charge is 0.369 e. The Morgan fingerprint density at radius 3 is 2.73 bits per heavy atom. The molecule has 11 heavy (non-hydrogen) atoms. The van der Waals surface area contributed by atoms with Crippen LogP contribution in [0.1, 0.15) is 13.8 Å². The van der Waals surface area contributed by atoms with E-state index in [9.17, 15) is 0 Å². The summed E-state index contributed by atoms with van der Waals surface area (Å²) >= 11 is 0. The lowest BCUT2D eigenvalue weighted by Gasteiger charge is -2.35. The number of nitrogens with one attached hydrogen (secondary N) is 2. The van der Waals surface area contributed by atoms with Gasteiger partial charge in [0.25, 0.3) is 0 Å². The average Bonchev–Trinajstić information content (AvgIpc) is 1.94. The van der Waals surface area contributed by atoms with Gasteiger partial charge in [-0.25, -0.2) is 10.4 Å². The van der Waals surface area contributed by atoms with Crippen molar-refractivity contribution in [3.8, 4) is 0 Å². The fraction of sp³-hybridized carbons (Fsp3) is 0.833. The van der Waals surface area contributed by atoms with Crippen LogP contribution in [-0.4, -0.2) is 24.8 Å². The van der Waals surface area contributed by atoms with Crippen LogP contribution in [0.4, 0.5) is 0 Å². The number of hydrazine groups is 1. The van der Waals surface area contributed by atoms with E-state index in [1.807, 2.05) is 13.8 Å². The molecule has 4 N–H and O–H groups in total. The Kier molecular flexibility index (Phi) is 2.01. The molecule has 0 bridgehead atoms. The van der Waals surface area contributed by atoms with Crippen molar-refractivity contribution >= 4 is 5.96 Å². The molecule has 64 valence electrons. The first-order valence-corrected chi connectivity index (χ1v) is 3.45. The van der Waals surface area contributed by atoms with Crippen molar-refractivity contribution in [1.82, 2.24) is 10.9 Å². The van der Waals surface area contributed by atoms with Crippen LogP contribution in [0.5, 0.6) is 0 Å². The Morgan fingerprint density at radius 2 is 2.27 bits per heavy atom. The molecule has 1 aliphatic rings. The van der Waals surface area contributed by atoms with Crippen LogP contribution in [0.2, 0.25) is 0 Å². The van der Waals surface area contributed by atoms with Crippen LogP contribution < -0.4 is 16.6 Å². The summed E-state index contributed by atoms with van der Waals surface area (Å²) in [5.74, 6) is 0.358. The van der Waals surface area contributed by atoms with Crippen LogP contribution in [0.3, 0.4) is 0 Å². The monoisotopic (exact) mass is 158 g/mol. The number of hydrogen-bond donors (Lipinski definition) is 3. The fourth-order valence-electron chi connectivity index (χ4n) is 0.954. The van der Waals surface area contributed by atoms with Gasteiger partial charge in [-0.2, -0.15) is 0 Å². The number of rotatable bonds is 1. The van der Waals surface area contributed by atoms with Gasteiger partial charge in [-0.15, -0.1) is 0 Å². The van der Waals surface area contributed by atoms with Crippen molar-refractivity contribution in [1.29, 1.82) is 0 Å². The number of methoxy groups -OCH3 is 1. The molecule has 0 aromatic carbocycles. The Morgan fingerprint density at radius 1 is 1.64 bits per heavy atom. The van der Waals surface area contributed by atoms with Crippen molar-refractivity contribution in [2.24, 2.45) is 10.7 Å². The predicted octanol–water partition coefficient (Wildman–Crippen LogP) is -0.840. The molecule has 0 radical (unpaired) electrons. The number of nitrogens with two attached hydrogens (primary N) is 1. The minimum absolute atomic E-state index is 0.225. The molecule has 1 atom stereocenters. The highest BCUT2D eigenvalue weighted by Gasteiger charge is 2.32. The second-order valence-electron chi connectivity index (χ2n) is 3.07. The first-order chi connectivity index (χ1) is 5.06. The second kappa shape index (κ2) is 2.67. The van der Waals surface area contributed by atoms with E-state index in [0.29, 0.717) is 5.96 Å². The molecule has 0 fully saturated rings. The van der Waals surface area contributed by atoms with E-state index >= 15 is 0 Å². The second-order valence-corrected chi connectivity index (χ2v) is 3.07. The van der Waals surface area contributed by atoms with Gasteiger partial charge in [-0.3, -0.25) is 5.43 Å². The number of hydrogen-bond acceptors (Lipinski definition) is 5. The summed E-state index contributed by atoms with van der Waals surface area (Å²) < 4.78 is 5.11. The van der Waals surface area contributed by atoms with E-state index in [1.165, 1.54) is 0 Å². The molecule has 0 saturated heterocycles. The Hall–Kier alpha value is -0.810. The lowest BCUT2D eigenvalue weighted by molar-refractivity contribution is 0.0283. The standard InChI is InChI=1S/C6H14N4O/c1-6(2)4(11-3)8-5(7)9-10-6/h4,10H,1-3H3,(H3,7,8,9). The van der Waals surface area contributed by atoms with Crippen molar-refractivity contribution in [3.63, 3.8) is 0 Å². The van der Waals surface area contributed by atoms with Crippen LogP contribution in [-0.2, 0) is 4.74 Å². The van der Waals surface area contributed by atoms with Crippen LogP contribution in [0, 0.1) is 0 Å². The van der Waals surface area contributed by atoms with Gasteiger partial charge in [0.1, 0.15) is 0 Å². The summed E-state index contributed by atoms with van der Waals surface area (Å²) in [6, 6.07) is 0. The molecule has 0 spiro atoms. The SMILES string of the molecule is COC1N=C(N)NNC1(C)C. The molecule has 1 aliphatic heterocycles. The smallest absolute Gasteiger partial charge is 0.205 e. The van der Waals surface area contributed by atoms with Gasteiger partial charge in [0.05, 0.1) is 5.54 Å². The summed E-state index contributed by atoms with van der Waals surface area (Å²) in [6.45, 7) is 3.95. The lowest BCUT2D eigenvalue weighted by atomic mass is 10.0. The lowest BCUT2D eigenvalue weighted by Crippen LogP contribution is -2.62. The van der Waals surface area contributed by atoms with Gasteiger partial charge in [0, 0.05) is 7.11 Å². The first-order valence-electron chi connectivity index (χ1n) is 3.45. The number of aliphatic imine (C=N–C) groups is 1. The van der Waals surface area contributed by atoms with Gasteiger partial charge in [0.15, 0.2) is 6.23 Å². The molecule has 0 aromatic heterocycles. The van der Waals surface area contributed by atoms with Gasteiger partial charge >= 0.3 is 0 Å². The molecule has 0 saturated carbocycles. The summed E-state index contributed by atoms with van der Waals surface area (Å²) in [5.41, 5.74) is 10.9. The predicted molar refractivity (Wildman–Crippen MR) is 42.8 cm³/mol. The van der Waals surface area contributed by atoms with Crippen LogP contribution in [0.25, 0.3) is 0 Å². The third-order valence-electron chi connectivity index (χ3n) is 1.61. The normalized spacial score (nSPS) is 29.0. The van der Waals surface area contributed by atoms with Crippen molar-refractivity contribution in [3.05, 3.63) is 0 Å². The maximum Gasteiger partial charge on any atom is 0.205 e. The third kappa shape index (κ3) is 1.61. The van der Waals surface area contributed by atoms with E-state index in [0.717, 1.165) is 0 Å². The van der Waals surface area contributed by atoms with Gasteiger partial charge in [-0.1, -0.05) is 0 Å². The Labute approximate surface area is 66.0 Å². The van der Waals surface area contributed by atoms with E-state index in [4.69, 9.17) is 10.5 Å². The summed E-state index contributed by atoms with van der Waals surface area (Å²) in [7, 11) is 1.61. The zero-order valence-corrected chi connectivity index (χ0v) is 7.01. The van der Waals surface area contributed by atoms with Crippen molar-refractivity contribution < 1.29 is 4.74 Å². The van der Waals surface area contributed by atoms with E-state index in [1.54, 1.807) is 7.11 Å². The van der Waals surface area contributed by atoms with Crippen molar-refractivity contribution in [2.75, 3.05) is 7.11 Å². The zero-order valence-electron chi connectivity index (χ0n) is 7.01. The summed E-state index contributed by atoms with van der Waals surface area (Å²) in [5, 5.41) is 0. The van der Waals surface area contributed by atoms with Crippen LogP contribution >= 0.6 is 0 Å². The quantitative estimate of drug-likeness (QED) is 0.465. The summed E-state index contributed by atoms with van der Waals surface area (Å²) in [6.07, 6.45) is -0.233. The fourth-order valence-corrected chi connectivity index (χ4v) is 0.954. The molecule has 0 aromatic rings. The van der Waals surface area contributed by atoms with E-state index < -0.39 is 0 Å². The van der Waals surface area contributed by atoms with E-state index in [2.05, 4.69) is 15.8 Å². The number of guanidine groups is 1. The molecular weight excluding hydrogens is 144 g/mol. The molecule has 5 nitrogen and oxygen atoms in total. The van der Waals surface area contributed by atoms with Gasteiger partial charge in [-0.05, 0) is 13.8 Å². The minimum Gasteiger partial charge on any atom is -0.369 e. The van der Waals surface area contributed by atoms with E-state index in [-0.39, 0.29) is 11.8 Å². The van der Waals surface area contributed by atoms with Gasteiger partial charge < -0.3 is 10.5 Å². The third-order valence-corrected chi connectivity index (χ3v) is 1.61. The molecule has 5 heteroatoms. The molecule has 1 rings (SSSR count). The Balaban J connectivity index is 2.75. The highest BCUT2D eigenvalue weighted by atomic mass is 16.5. The number of ether oxygens (including phenoxy) is 1. The van der Waals surface area contributed by atoms with Gasteiger partial charge in [0.2, 0.25) is 5.96 Å². The summed E-state index contributed by atoms with van der Waals surface area (Å²) in [4.78, 5) is 4.05. The highest BCUT2D eigenvalue weighted by molar-refractivity contribution is 5.78. The average molecular weight is 158 g/mol. The minimum atomic E-state index is -0.233. The molecule has 1 unspecified atom stereocenters. The van der Waals surface area contributed by atoms with Crippen molar-refractivity contribution in [2.45, 2.75) is 25.6 Å². The topological polar surface area (TPSA) is 71.7 Å².